The van der Waals surface area contributed by atoms with Crippen LogP contribution in [-0.4, -0.2) is 60.5 Å². The first-order chi connectivity index (χ1) is 12.6. The number of carbonyl (C=O) groups is 2. The number of nitrogens with zero attached hydrogens (tertiary/aromatic N) is 2. The zero-order valence-electron chi connectivity index (χ0n) is 14.5. The van der Waals surface area contributed by atoms with Gasteiger partial charge in [0.2, 0.25) is 6.10 Å². The Balaban J connectivity index is 1.36. The van der Waals surface area contributed by atoms with Crippen LogP contribution in [0.15, 0.2) is 41.0 Å². The first-order valence-corrected chi connectivity index (χ1v) is 8.64. The molecule has 1 unspecified atom stereocenters. The molecule has 0 bridgehead atoms. The number of aryl methyl sites for hydroxylation is 1. The highest BCUT2D eigenvalue weighted by molar-refractivity contribution is 5.93. The molecule has 1 aromatic heterocycles. The lowest BCUT2D eigenvalue weighted by Gasteiger charge is -2.36. The van der Waals surface area contributed by atoms with Crippen molar-refractivity contribution in [2.24, 2.45) is 0 Å². The highest BCUT2D eigenvalue weighted by atomic mass is 16.6. The molecule has 2 aliphatic heterocycles. The lowest BCUT2D eigenvalue weighted by atomic mass is 10.2. The van der Waals surface area contributed by atoms with E-state index in [1.165, 1.54) is 6.26 Å². The molecular formula is C19H20N2O5. The van der Waals surface area contributed by atoms with Crippen molar-refractivity contribution in [3.8, 4) is 11.5 Å². The van der Waals surface area contributed by atoms with Crippen LogP contribution in [0, 0.1) is 6.92 Å². The second-order valence-corrected chi connectivity index (χ2v) is 6.41. The number of rotatable bonds is 2. The van der Waals surface area contributed by atoms with Gasteiger partial charge in [-0.1, -0.05) is 12.1 Å². The number of fused-ring (bicyclic) bond motifs is 1. The summed E-state index contributed by atoms with van der Waals surface area (Å²) >= 11 is 0. The number of para-hydroxylation sites is 2. The van der Waals surface area contributed by atoms with Crippen molar-refractivity contribution in [3.63, 3.8) is 0 Å². The maximum absolute atomic E-state index is 12.7. The third-order valence-corrected chi connectivity index (χ3v) is 4.72. The molecule has 0 N–H and O–H groups in total. The van der Waals surface area contributed by atoms with Crippen molar-refractivity contribution in [1.29, 1.82) is 0 Å². The third-order valence-electron chi connectivity index (χ3n) is 4.72. The Morgan fingerprint density at radius 2 is 1.69 bits per heavy atom. The Morgan fingerprint density at radius 1 is 1.00 bits per heavy atom. The van der Waals surface area contributed by atoms with Gasteiger partial charge in [-0.3, -0.25) is 9.59 Å². The second kappa shape index (κ2) is 6.74. The quantitative estimate of drug-likeness (QED) is 0.819. The number of amides is 2. The fourth-order valence-electron chi connectivity index (χ4n) is 3.21. The standard InChI is InChI=1S/C19H20N2O5/c1-13-6-11-24-17(13)19(23)21-9-7-20(8-10-21)18(22)16-12-25-14-4-2-3-5-15(14)26-16/h2-6,11,16H,7-10,12H2,1H3. The first kappa shape index (κ1) is 16.5. The van der Waals surface area contributed by atoms with Crippen molar-refractivity contribution < 1.29 is 23.5 Å². The number of carbonyl (C=O) groups excluding carboxylic acids is 2. The fourth-order valence-corrected chi connectivity index (χ4v) is 3.21. The summed E-state index contributed by atoms with van der Waals surface area (Å²) in [7, 11) is 0. The van der Waals surface area contributed by atoms with Crippen molar-refractivity contribution in [2.75, 3.05) is 32.8 Å². The summed E-state index contributed by atoms with van der Waals surface area (Å²) in [6, 6.07) is 9.08. The van der Waals surface area contributed by atoms with Gasteiger partial charge in [0.05, 0.1) is 6.26 Å². The van der Waals surface area contributed by atoms with Crippen LogP contribution < -0.4 is 9.47 Å². The van der Waals surface area contributed by atoms with E-state index >= 15 is 0 Å². The van der Waals surface area contributed by atoms with Crippen LogP contribution in [0.1, 0.15) is 16.1 Å². The van der Waals surface area contributed by atoms with Crippen molar-refractivity contribution in [3.05, 3.63) is 47.9 Å². The normalized spacial score (nSPS) is 19.3. The van der Waals surface area contributed by atoms with Crippen LogP contribution in [0.2, 0.25) is 0 Å². The predicted octanol–water partition coefficient (Wildman–Crippen LogP) is 1.71. The third kappa shape index (κ3) is 3.00. The van der Waals surface area contributed by atoms with Gasteiger partial charge in [-0.05, 0) is 25.1 Å². The van der Waals surface area contributed by atoms with E-state index in [2.05, 4.69) is 0 Å². The molecule has 1 fully saturated rings. The Morgan fingerprint density at radius 3 is 2.38 bits per heavy atom. The maximum Gasteiger partial charge on any atom is 0.289 e. The summed E-state index contributed by atoms with van der Waals surface area (Å²) in [5, 5.41) is 0. The van der Waals surface area contributed by atoms with E-state index in [1.54, 1.807) is 21.9 Å². The monoisotopic (exact) mass is 356 g/mol. The minimum Gasteiger partial charge on any atom is -0.485 e. The molecule has 1 saturated heterocycles. The van der Waals surface area contributed by atoms with Crippen LogP contribution in [-0.2, 0) is 4.79 Å². The van der Waals surface area contributed by atoms with Gasteiger partial charge in [0, 0.05) is 31.7 Å². The molecule has 2 amide bonds. The summed E-state index contributed by atoms with van der Waals surface area (Å²) in [5.41, 5.74) is 0.819. The molecule has 7 heteroatoms. The van der Waals surface area contributed by atoms with Crippen LogP contribution in [0.5, 0.6) is 11.5 Å². The summed E-state index contributed by atoms with van der Waals surface area (Å²) in [6.07, 6.45) is 0.861. The number of hydrogen-bond acceptors (Lipinski definition) is 5. The summed E-state index contributed by atoms with van der Waals surface area (Å²) < 4.78 is 16.7. The molecule has 2 aliphatic rings. The first-order valence-electron chi connectivity index (χ1n) is 8.64. The molecule has 4 rings (SSSR count). The van der Waals surface area contributed by atoms with Crippen LogP contribution >= 0.6 is 0 Å². The zero-order valence-corrected chi connectivity index (χ0v) is 14.5. The Labute approximate surface area is 151 Å². The molecule has 1 atom stereocenters. The predicted molar refractivity (Wildman–Crippen MR) is 92.3 cm³/mol. The average Bonchev–Trinajstić information content (AvgIpc) is 3.12. The van der Waals surface area contributed by atoms with E-state index < -0.39 is 6.10 Å². The number of piperazine rings is 1. The van der Waals surface area contributed by atoms with Gasteiger partial charge in [0.25, 0.3) is 11.8 Å². The van der Waals surface area contributed by atoms with E-state index in [9.17, 15) is 9.59 Å². The molecule has 2 aromatic rings. The molecule has 3 heterocycles. The van der Waals surface area contributed by atoms with Gasteiger partial charge in [-0.25, -0.2) is 0 Å². The van der Waals surface area contributed by atoms with Gasteiger partial charge >= 0.3 is 0 Å². The molecule has 0 radical (unpaired) electrons. The fraction of sp³-hybridized carbons (Fsp3) is 0.368. The highest BCUT2D eigenvalue weighted by Gasteiger charge is 2.34. The van der Waals surface area contributed by atoms with Gasteiger partial charge in [-0.2, -0.15) is 0 Å². The smallest absolute Gasteiger partial charge is 0.289 e. The van der Waals surface area contributed by atoms with E-state index in [-0.39, 0.29) is 18.4 Å². The molecule has 136 valence electrons. The maximum atomic E-state index is 12.7. The second-order valence-electron chi connectivity index (χ2n) is 6.41. The van der Waals surface area contributed by atoms with Gasteiger partial charge in [0.15, 0.2) is 17.3 Å². The van der Waals surface area contributed by atoms with Crippen molar-refractivity contribution in [2.45, 2.75) is 13.0 Å². The molecular weight excluding hydrogens is 336 g/mol. The topological polar surface area (TPSA) is 72.2 Å². The van der Waals surface area contributed by atoms with Crippen LogP contribution in [0.3, 0.4) is 0 Å². The number of ether oxygens (including phenoxy) is 2. The Hall–Kier alpha value is -2.96. The highest BCUT2D eigenvalue weighted by Crippen LogP contribution is 2.31. The van der Waals surface area contributed by atoms with E-state index in [1.807, 2.05) is 25.1 Å². The van der Waals surface area contributed by atoms with Gasteiger partial charge in [0.1, 0.15) is 6.61 Å². The summed E-state index contributed by atoms with van der Waals surface area (Å²) in [6.45, 7) is 3.90. The lowest BCUT2D eigenvalue weighted by Crippen LogP contribution is -2.55. The largest absolute Gasteiger partial charge is 0.485 e. The molecule has 1 aromatic carbocycles. The van der Waals surface area contributed by atoms with E-state index in [0.717, 1.165) is 5.56 Å². The molecule has 0 saturated carbocycles. The van der Waals surface area contributed by atoms with Crippen molar-refractivity contribution in [1.82, 2.24) is 9.80 Å². The zero-order chi connectivity index (χ0) is 18.1. The average molecular weight is 356 g/mol. The SMILES string of the molecule is Cc1ccoc1C(=O)N1CCN(C(=O)C2COc3ccccc3O2)CC1. The number of benzene rings is 1. The minimum atomic E-state index is -0.653. The van der Waals surface area contributed by atoms with E-state index in [0.29, 0.717) is 43.4 Å². The lowest BCUT2D eigenvalue weighted by molar-refractivity contribution is -0.142. The summed E-state index contributed by atoms with van der Waals surface area (Å²) in [4.78, 5) is 28.6. The van der Waals surface area contributed by atoms with E-state index in [4.69, 9.17) is 13.9 Å². The number of hydrogen-bond donors (Lipinski definition) is 0. The molecule has 7 nitrogen and oxygen atoms in total. The van der Waals surface area contributed by atoms with Gasteiger partial charge < -0.3 is 23.7 Å². The molecule has 26 heavy (non-hydrogen) atoms. The van der Waals surface area contributed by atoms with Crippen molar-refractivity contribution >= 4 is 11.8 Å². The van der Waals surface area contributed by atoms with Crippen LogP contribution in [0.4, 0.5) is 0 Å². The molecule has 0 spiro atoms. The Kier molecular flexibility index (Phi) is 4.28. The number of furan rings is 1. The summed E-state index contributed by atoms with van der Waals surface area (Å²) in [5.74, 6) is 1.36. The molecule has 0 aliphatic carbocycles. The minimum absolute atomic E-state index is 0.110. The Bertz CT molecular complexity index is 823. The van der Waals surface area contributed by atoms with Crippen LogP contribution in [0.25, 0.3) is 0 Å². The van der Waals surface area contributed by atoms with Gasteiger partial charge in [-0.15, -0.1) is 0 Å².